The van der Waals surface area contributed by atoms with Crippen LogP contribution in [0.25, 0.3) is 4.13 Å². The molecule has 0 N–H and O–H groups in total. The molecule has 0 fully saturated rings. The quantitative estimate of drug-likeness (QED) is 0.442. The SMILES string of the molecule is CC[P+](CC)(CC)COC.O=S(=O)([N-]S(=O)(=O)C(F)(F)F)C(F)(F)F. The third-order valence-corrected chi connectivity index (χ3v) is 10.8. The lowest BCUT2D eigenvalue weighted by atomic mass is 10.9. The topological polar surface area (TPSA) is 91.6 Å². The second-order valence-electron chi connectivity index (χ2n) is 4.62. The first kappa shape index (κ1) is 27.1. The van der Waals surface area contributed by atoms with Crippen molar-refractivity contribution in [3.05, 3.63) is 4.13 Å². The lowest BCUT2D eigenvalue weighted by molar-refractivity contribution is -0.0444. The minimum atomic E-state index is -6.72. The smallest absolute Gasteiger partial charge is 0.421 e. The van der Waals surface area contributed by atoms with Crippen molar-refractivity contribution in [2.45, 2.75) is 31.8 Å². The van der Waals surface area contributed by atoms with E-state index in [1.807, 2.05) is 7.11 Å². The van der Waals surface area contributed by atoms with Crippen LogP contribution in [-0.2, 0) is 24.8 Å². The Morgan fingerprint density at radius 1 is 0.800 bits per heavy atom. The second-order valence-corrected chi connectivity index (χ2v) is 12.9. The number of ether oxygens (including phenoxy) is 1. The van der Waals surface area contributed by atoms with Crippen LogP contribution >= 0.6 is 7.26 Å². The van der Waals surface area contributed by atoms with Crippen molar-refractivity contribution < 1.29 is 47.9 Å². The highest BCUT2D eigenvalue weighted by Crippen LogP contribution is 2.57. The molecule has 0 amide bonds. The molecule has 15 heteroatoms. The lowest BCUT2D eigenvalue weighted by Gasteiger charge is -2.22. The molecule has 0 unspecified atom stereocenters. The predicted octanol–water partition coefficient (Wildman–Crippen LogP) is 3.73. The van der Waals surface area contributed by atoms with Gasteiger partial charge in [0.15, 0.2) is 26.4 Å². The Bertz CT molecular complexity index is 548. The fourth-order valence-electron chi connectivity index (χ4n) is 1.43. The molecule has 0 rings (SSSR count). The van der Waals surface area contributed by atoms with Crippen molar-refractivity contribution in [3.8, 4) is 0 Å². The number of hydrogen-bond acceptors (Lipinski definition) is 5. The zero-order chi connectivity index (χ0) is 20.7. The van der Waals surface area contributed by atoms with Crippen LogP contribution in [0.2, 0.25) is 0 Å². The largest absolute Gasteiger partial charge is 0.480 e. The molecule has 0 aromatic heterocycles. The van der Waals surface area contributed by atoms with E-state index in [0.29, 0.717) is 0 Å². The van der Waals surface area contributed by atoms with Crippen LogP contribution in [0.3, 0.4) is 0 Å². The zero-order valence-electron chi connectivity index (χ0n) is 13.8. The summed E-state index contributed by atoms with van der Waals surface area (Å²) >= 11 is 0. The molecule has 25 heavy (non-hydrogen) atoms. The van der Waals surface area contributed by atoms with E-state index >= 15 is 0 Å². The van der Waals surface area contributed by atoms with Gasteiger partial charge in [-0.1, -0.05) is 0 Å². The first-order chi connectivity index (χ1) is 10.9. The highest BCUT2D eigenvalue weighted by Gasteiger charge is 2.46. The van der Waals surface area contributed by atoms with Gasteiger partial charge in [-0.2, -0.15) is 26.3 Å². The second kappa shape index (κ2) is 9.67. The number of alkyl halides is 6. The van der Waals surface area contributed by atoms with Gasteiger partial charge in [-0.3, -0.25) is 0 Å². The van der Waals surface area contributed by atoms with Crippen molar-refractivity contribution in [3.63, 3.8) is 0 Å². The number of nitrogens with zero attached hydrogens (tertiary/aromatic N) is 1. The minimum Gasteiger partial charge on any atom is -0.421 e. The molecule has 154 valence electrons. The summed E-state index contributed by atoms with van der Waals surface area (Å²) < 4.78 is 114. The van der Waals surface area contributed by atoms with Crippen LogP contribution in [0.15, 0.2) is 0 Å². The monoisotopic (exact) mass is 443 g/mol. The molecule has 0 spiro atoms. The summed E-state index contributed by atoms with van der Waals surface area (Å²) in [6, 6.07) is 0. The van der Waals surface area contributed by atoms with Crippen molar-refractivity contribution in [2.75, 3.05) is 31.9 Å². The molecular formula is C10H20F6NO5PS2. The van der Waals surface area contributed by atoms with E-state index in [-0.39, 0.29) is 0 Å². The molecule has 0 aliphatic rings. The number of methoxy groups -OCH3 is 1. The molecule has 6 nitrogen and oxygen atoms in total. The summed E-state index contributed by atoms with van der Waals surface area (Å²) in [4.78, 5) is 0. The first-order valence-electron chi connectivity index (χ1n) is 6.66. The van der Waals surface area contributed by atoms with E-state index < -0.39 is 38.3 Å². The Kier molecular flexibility index (Phi) is 10.5. The average Bonchev–Trinajstić information content (AvgIpc) is 2.42. The van der Waals surface area contributed by atoms with Gasteiger partial charge in [0.1, 0.15) is 0 Å². The molecule has 0 bridgehead atoms. The third kappa shape index (κ3) is 8.37. The van der Waals surface area contributed by atoms with E-state index in [1.54, 1.807) is 0 Å². The van der Waals surface area contributed by atoms with E-state index in [1.165, 1.54) is 18.5 Å². The van der Waals surface area contributed by atoms with E-state index in [0.717, 1.165) is 10.5 Å². The van der Waals surface area contributed by atoms with Crippen molar-refractivity contribution >= 4 is 27.3 Å². The van der Waals surface area contributed by atoms with Crippen molar-refractivity contribution in [1.29, 1.82) is 0 Å². The normalized spacial score (nSPS) is 14.0. The fraction of sp³-hybridized carbons (Fsp3) is 1.00. The van der Waals surface area contributed by atoms with Crippen LogP contribution in [0.4, 0.5) is 26.3 Å². The number of hydrogen-bond donors (Lipinski definition) is 0. The summed E-state index contributed by atoms with van der Waals surface area (Å²) in [6.07, 6.45) is 5.05. The molecule has 0 aromatic carbocycles. The van der Waals surface area contributed by atoms with Crippen LogP contribution in [0.1, 0.15) is 20.8 Å². The highest BCUT2D eigenvalue weighted by atomic mass is 32.3. The maximum atomic E-state index is 11.4. The molecule has 0 heterocycles. The Hall–Kier alpha value is -0.170. The third-order valence-electron chi connectivity index (χ3n) is 3.20. The summed E-state index contributed by atoms with van der Waals surface area (Å²) in [5, 5.41) is 0. The fourth-order valence-corrected chi connectivity index (χ4v) is 5.58. The highest BCUT2D eigenvalue weighted by molar-refractivity contribution is 8.13. The Morgan fingerprint density at radius 3 is 1.20 bits per heavy atom. The Balaban J connectivity index is 0. The van der Waals surface area contributed by atoms with Crippen LogP contribution < -0.4 is 0 Å². The Labute approximate surface area is 143 Å². The van der Waals surface area contributed by atoms with Gasteiger partial charge in [0.2, 0.25) is 0 Å². The molecule has 0 saturated heterocycles. The summed E-state index contributed by atoms with van der Waals surface area (Å²) in [5.74, 6) is 0. The maximum Gasteiger partial charge on any atom is 0.480 e. The van der Waals surface area contributed by atoms with Gasteiger partial charge in [0, 0.05) is 14.4 Å². The molecule has 0 aromatic rings. The van der Waals surface area contributed by atoms with Gasteiger partial charge in [0.25, 0.3) is 0 Å². The van der Waals surface area contributed by atoms with Gasteiger partial charge in [-0.15, -0.1) is 0 Å². The van der Waals surface area contributed by atoms with Crippen molar-refractivity contribution in [2.24, 2.45) is 0 Å². The summed E-state index contributed by atoms with van der Waals surface area (Å²) in [6.45, 7) is 6.87. The van der Waals surface area contributed by atoms with E-state index in [2.05, 4.69) is 20.8 Å². The zero-order valence-corrected chi connectivity index (χ0v) is 16.4. The number of rotatable bonds is 7. The van der Waals surface area contributed by atoms with Crippen LogP contribution in [0.5, 0.6) is 0 Å². The molecule has 0 saturated carbocycles. The summed E-state index contributed by atoms with van der Waals surface area (Å²) in [7, 11) is -12.3. The summed E-state index contributed by atoms with van der Waals surface area (Å²) in [5.41, 5.74) is -12.4. The first-order valence-corrected chi connectivity index (χ1v) is 12.1. The Morgan fingerprint density at radius 2 is 1.08 bits per heavy atom. The molecule has 0 aliphatic carbocycles. The van der Waals surface area contributed by atoms with Crippen LogP contribution in [-0.4, -0.2) is 59.8 Å². The molecule has 0 atom stereocenters. The van der Waals surface area contributed by atoms with Crippen molar-refractivity contribution in [1.82, 2.24) is 0 Å². The van der Waals surface area contributed by atoms with Gasteiger partial charge in [-0.25, -0.2) is 16.8 Å². The van der Waals surface area contributed by atoms with Gasteiger partial charge in [0.05, 0.1) is 18.5 Å². The molecule has 0 aliphatic heterocycles. The molecular weight excluding hydrogens is 423 g/mol. The van der Waals surface area contributed by atoms with E-state index in [9.17, 15) is 43.2 Å². The maximum absolute atomic E-state index is 11.4. The number of sulfonamides is 2. The van der Waals surface area contributed by atoms with Gasteiger partial charge < -0.3 is 8.86 Å². The molecule has 0 radical (unpaired) electrons. The van der Waals surface area contributed by atoms with Gasteiger partial charge >= 0.3 is 11.0 Å². The van der Waals surface area contributed by atoms with Crippen LogP contribution in [0, 0.1) is 0 Å². The lowest BCUT2D eigenvalue weighted by Crippen LogP contribution is -2.30. The predicted molar refractivity (Wildman–Crippen MR) is 83.7 cm³/mol. The minimum absolute atomic E-state index is 0.661. The standard InChI is InChI=1S/C8H20OP.C2F6NO4S2/c1-5-10(6-2,7-3)8-9-4;3-1(4,5)14(10,11)9-15(12,13)2(6,7)8/h5-8H2,1-4H3;/q+1;-1. The average molecular weight is 443 g/mol. The van der Waals surface area contributed by atoms with Gasteiger partial charge in [-0.05, 0) is 20.8 Å². The van der Waals surface area contributed by atoms with E-state index in [4.69, 9.17) is 4.74 Å². The number of halogens is 6.